The van der Waals surface area contributed by atoms with Gasteiger partial charge in [-0.2, -0.15) is 0 Å². The first-order chi connectivity index (χ1) is 6.84. The SMILES string of the molecule is CCC(C)(C)C(=O)NC1(C(=O)O)CCC1. The van der Waals surface area contributed by atoms with E-state index < -0.39 is 16.9 Å². The third-order valence-electron chi connectivity index (χ3n) is 3.47. The van der Waals surface area contributed by atoms with Crippen LogP contribution >= 0.6 is 0 Å². The van der Waals surface area contributed by atoms with E-state index in [1.807, 2.05) is 20.8 Å². The molecule has 86 valence electrons. The molecule has 0 aromatic rings. The highest BCUT2D eigenvalue weighted by molar-refractivity contribution is 5.90. The van der Waals surface area contributed by atoms with E-state index >= 15 is 0 Å². The maximum Gasteiger partial charge on any atom is 0.329 e. The van der Waals surface area contributed by atoms with Gasteiger partial charge in [0.2, 0.25) is 5.91 Å². The van der Waals surface area contributed by atoms with Crippen molar-refractivity contribution in [3.63, 3.8) is 0 Å². The van der Waals surface area contributed by atoms with Crippen LogP contribution in [-0.4, -0.2) is 22.5 Å². The Morgan fingerprint density at radius 1 is 1.40 bits per heavy atom. The van der Waals surface area contributed by atoms with E-state index in [0.29, 0.717) is 19.3 Å². The minimum Gasteiger partial charge on any atom is -0.480 e. The number of carboxylic acids is 1. The van der Waals surface area contributed by atoms with Crippen molar-refractivity contribution in [2.75, 3.05) is 0 Å². The molecule has 1 amide bonds. The highest BCUT2D eigenvalue weighted by atomic mass is 16.4. The molecule has 0 heterocycles. The van der Waals surface area contributed by atoms with Gasteiger partial charge >= 0.3 is 5.97 Å². The lowest BCUT2D eigenvalue weighted by atomic mass is 9.75. The molecule has 15 heavy (non-hydrogen) atoms. The number of carbonyl (C=O) groups is 2. The third-order valence-corrected chi connectivity index (χ3v) is 3.47. The Hall–Kier alpha value is -1.06. The summed E-state index contributed by atoms with van der Waals surface area (Å²) in [6.45, 7) is 5.58. The van der Waals surface area contributed by atoms with E-state index in [9.17, 15) is 9.59 Å². The first-order valence-electron chi connectivity index (χ1n) is 5.40. The summed E-state index contributed by atoms with van der Waals surface area (Å²) >= 11 is 0. The van der Waals surface area contributed by atoms with Crippen LogP contribution in [0.4, 0.5) is 0 Å². The van der Waals surface area contributed by atoms with Crippen LogP contribution in [0.1, 0.15) is 46.5 Å². The quantitative estimate of drug-likeness (QED) is 0.744. The molecule has 0 saturated heterocycles. The van der Waals surface area contributed by atoms with Crippen molar-refractivity contribution in [1.29, 1.82) is 0 Å². The molecule has 2 N–H and O–H groups in total. The smallest absolute Gasteiger partial charge is 0.329 e. The fraction of sp³-hybridized carbons (Fsp3) is 0.818. The van der Waals surface area contributed by atoms with Gasteiger partial charge in [0.25, 0.3) is 0 Å². The zero-order valence-electron chi connectivity index (χ0n) is 9.59. The number of nitrogens with one attached hydrogen (secondary N) is 1. The van der Waals surface area contributed by atoms with Crippen molar-refractivity contribution in [3.8, 4) is 0 Å². The molecule has 0 spiro atoms. The summed E-state index contributed by atoms with van der Waals surface area (Å²) in [7, 11) is 0. The molecule has 1 fully saturated rings. The van der Waals surface area contributed by atoms with Crippen molar-refractivity contribution >= 4 is 11.9 Å². The van der Waals surface area contributed by atoms with Crippen LogP contribution in [-0.2, 0) is 9.59 Å². The summed E-state index contributed by atoms with van der Waals surface area (Å²) in [5.74, 6) is -1.07. The normalized spacial score (nSPS) is 19.1. The second kappa shape index (κ2) is 3.83. The second-order valence-corrected chi connectivity index (χ2v) is 4.93. The molecule has 0 aromatic heterocycles. The maximum absolute atomic E-state index is 11.8. The van der Waals surface area contributed by atoms with E-state index in [0.717, 1.165) is 6.42 Å². The number of hydrogen-bond donors (Lipinski definition) is 2. The molecule has 0 atom stereocenters. The summed E-state index contributed by atoms with van der Waals surface area (Å²) < 4.78 is 0. The molecule has 0 aromatic carbocycles. The number of rotatable bonds is 4. The summed E-state index contributed by atoms with van der Waals surface area (Å²) in [6.07, 6.45) is 2.68. The average molecular weight is 213 g/mol. The lowest BCUT2D eigenvalue weighted by molar-refractivity contribution is -0.153. The van der Waals surface area contributed by atoms with Gasteiger partial charge in [-0.3, -0.25) is 4.79 Å². The molecule has 0 bridgehead atoms. The number of hydrogen-bond acceptors (Lipinski definition) is 2. The average Bonchev–Trinajstić information content (AvgIpc) is 2.10. The number of carbonyl (C=O) groups excluding carboxylic acids is 1. The Labute approximate surface area is 90.0 Å². The molecule has 0 aliphatic heterocycles. The van der Waals surface area contributed by atoms with E-state index in [2.05, 4.69) is 5.32 Å². The van der Waals surface area contributed by atoms with Crippen molar-refractivity contribution in [2.24, 2.45) is 5.41 Å². The van der Waals surface area contributed by atoms with Gasteiger partial charge in [-0.25, -0.2) is 4.79 Å². The van der Waals surface area contributed by atoms with E-state index in [-0.39, 0.29) is 5.91 Å². The standard InChI is InChI=1S/C11H19NO3/c1-4-10(2,3)8(13)12-11(9(14)15)6-5-7-11/h4-7H2,1-3H3,(H,12,13)(H,14,15). The predicted molar refractivity (Wildman–Crippen MR) is 56.4 cm³/mol. The number of amides is 1. The van der Waals surface area contributed by atoms with E-state index in [1.165, 1.54) is 0 Å². The van der Waals surface area contributed by atoms with Gasteiger partial charge in [0.15, 0.2) is 0 Å². The van der Waals surface area contributed by atoms with Crippen molar-refractivity contribution in [3.05, 3.63) is 0 Å². The summed E-state index contributed by atoms with van der Waals surface area (Å²) in [6, 6.07) is 0. The fourth-order valence-electron chi connectivity index (χ4n) is 1.47. The molecule has 1 rings (SSSR count). The third kappa shape index (κ3) is 2.13. The Morgan fingerprint density at radius 2 is 1.93 bits per heavy atom. The van der Waals surface area contributed by atoms with Crippen molar-refractivity contribution < 1.29 is 14.7 Å². The van der Waals surface area contributed by atoms with Crippen LogP contribution < -0.4 is 5.32 Å². The lowest BCUT2D eigenvalue weighted by Gasteiger charge is -2.40. The molecule has 1 aliphatic rings. The summed E-state index contributed by atoms with van der Waals surface area (Å²) in [5.41, 5.74) is -1.47. The lowest BCUT2D eigenvalue weighted by Crippen LogP contribution is -2.61. The van der Waals surface area contributed by atoms with Crippen LogP contribution in [0.2, 0.25) is 0 Å². The summed E-state index contributed by atoms with van der Waals surface area (Å²) in [4.78, 5) is 22.9. The monoisotopic (exact) mass is 213 g/mol. The van der Waals surface area contributed by atoms with Gasteiger partial charge in [-0.05, 0) is 25.7 Å². The molecule has 1 saturated carbocycles. The minimum atomic E-state index is -0.983. The Morgan fingerprint density at radius 3 is 2.20 bits per heavy atom. The van der Waals surface area contributed by atoms with Gasteiger partial charge in [-0.1, -0.05) is 20.8 Å². The molecular formula is C11H19NO3. The molecular weight excluding hydrogens is 194 g/mol. The first kappa shape index (κ1) is 12.0. The van der Waals surface area contributed by atoms with Crippen LogP contribution in [0, 0.1) is 5.41 Å². The van der Waals surface area contributed by atoms with Crippen molar-refractivity contribution in [1.82, 2.24) is 5.32 Å². The van der Waals surface area contributed by atoms with Crippen LogP contribution in [0.5, 0.6) is 0 Å². The van der Waals surface area contributed by atoms with Crippen LogP contribution in [0.15, 0.2) is 0 Å². The largest absolute Gasteiger partial charge is 0.480 e. The minimum absolute atomic E-state index is 0.160. The molecule has 0 radical (unpaired) electrons. The summed E-state index contributed by atoms with van der Waals surface area (Å²) in [5, 5.41) is 11.7. The van der Waals surface area contributed by atoms with Gasteiger partial charge < -0.3 is 10.4 Å². The highest BCUT2D eigenvalue weighted by Gasteiger charge is 2.47. The van der Waals surface area contributed by atoms with Gasteiger partial charge in [0.05, 0.1) is 0 Å². The maximum atomic E-state index is 11.8. The van der Waals surface area contributed by atoms with Crippen LogP contribution in [0.25, 0.3) is 0 Å². The zero-order chi connectivity index (χ0) is 11.7. The molecule has 4 nitrogen and oxygen atoms in total. The number of aliphatic carboxylic acids is 1. The molecule has 4 heteroatoms. The molecule has 1 aliphatic carbocycles. The van der Waals surface area contributed by atoms with E-state index in [4.69, 9.17) is 5.11 Å². The molecule has 0 unspecified atom stereocenters. The second-order valence-electron chi connectivity index (χ2n) is 4.93. The topological polar surface area (TPSA) is 66.4 Å². The fourth-order valence-corrected chi connectivity index (χ4v) is 1.47. The van der Waals surface area contributed by atoms with E-state index in [1.54, 1.807) is 0 Å². The Kier molecular flexibility index (Phi) is 3.07. The van der Waals surface area contributed by atoms with Crippen LogP contribution in [0.3, 0.4) is 0 Å². The predicted octanol–water partition coefficient (Wildman–Crippen LogP) is 1.55. The van der Waals surface area contributed by atoms with Crippen molar-refractivity contribution in [2.45, 2.75) is 52.0 Å². The Bertz CT molecular complexity index is 280. The number of carboxylic acid groups (broad SMARTS) is 1. The van der Waals surface area contributed by atoms with Gasteiger partial charge in [0.1, 0.15) is 5.54 Å². The first-order valence-corrected chi connectivity index (χ1v) is 5.40. The highest BCUT2D eigenvalue weighted by Crippen LogP contribution is 2.33. The van der Waals surface area contributed by atoms with Gasteiger partial charge in [-0.15, -0.1) is 0 Å². The Balaban J connectivity index is 2.69. The zero-order valence-corrected chi connectivity index (χ0v) is 9.59. The van der Waals surface area contributed by atoms with Gasteiger partial charge in [0, 0.05) is 5.41 Å².